The fourth-order valence-corrected chi connectivity index (χ4v) is 3.70. The van der Waals surface area contributed by atoms with Gasteiger partial charge in [-0.1, -0.05) is 0 Å². The van der Waals surface area contributed by atoms with E-state index in [1.807, 2.05) is 4.90 Å². The highest BCUT2D eigenvalue weighted by Gasteiger charge is 2.33. The molecule has 2 fully saturated rings. The highest BCUT2D eigenvalue weighted by Crippen LogP contribution is 2.28. The van der Waals surface area contributed by atoms with Gasteiger partial charge < -0.3 is 19.4 Å². The average Bonchev–Trinajstić information content (AvgIpc) is 3.36. The van der Waals surface area contributed by atoms with Gasteiger partial charge in [0, 0.05) is 26.6 Å². The minimum absolute atomic E-state index is 0.201. The fraction of sp³-hybridized carbons (Fsp3) is 0.381. The van der Waals surface area contributed by atoms with Crippen LogP contribution in [-0.2, 0) is 9.53 Å². The molecule has 0 spiro atoms. The molecule has 11 heteroatoms. The maximum atomic E-state index is 15.0. The van der Waals surface area contributed by atoms with Crippen LogP contribution >= 0.6 is 0 Å². The Morgan fingerprint density at radius 1 is 1.25 bits per heavy atom. The zero-order valence-corrected chi connectivity index (χ0v) is 17.5. The van der Waals surface area contributed by atoms with Gasteiger partial charge in [0.25, 0.3) is 0 Å². The van der Waals surface area contributed by atoms with Gasteiger partial charge in [0.15, 0.2) is 5.76 Å². The number of nitrogens with one attached hydrogen (secondary N) is 2. The molecule has 2 saturated heterocycles. The summed E-state index contributed by atoms with van der Waals surface area (Å²) in [7, 11) is 0. The number of carbonyl (C=O) groups excluding carboxylic acids is 3. The molecule has 4 rings (SSSR count). The van der Waals surface area contributed by atoms with Crippen LogP contribution in [0.25, 0.3) is 0 Å². The number of rotatable bonds is 5. The molecule has 1 aromatic heterocycles. The number of furan rings is 1. The lowest BCUT2D eigenvalue weighted by molar-refractivity contribution is -0.119. The summed E-state index contributed by atoms with van der Waals surface area (Å²) < 4.78 is 25.4. The number of nitrogens with zero attached hydrogens (tertiary/aromatic N) is 3. The molecule has 0 aliphatic carbocycles. The fourth-order valence-electron chi connectivity index (χ4n) is 3.70. The van der Waals surface area contributed by atoms with Gasteiger partial charge in [-0.25, -0.2) is 14.6 Å². The Labute approximate surface area is 183 Å². The molecule has 2 aliphatic heterocycles. The number of hydrazine groups is 1. The molecule has 2 aromatic rings. The zero-order valence-electron chi connectivity index (χ0n) is 17.5. The molecule has 0 radical (unpaired) electrons. The minimum Gasteiger partial charge on any atom is -0.459 e. The highest BCUT2D eigenvalue weighted by atomic mass is 19.1. The van der Waals surface area contributed by atoms with Crippen LogP contribution in [-0.4, -0.2) is 68.3 Å². The van der Waals surface area contributed by atoms with Gasteiger partial charge in [0.05, 0.1) is 37.3 Å². The van der Waals surface area contributed by atoms with E-state index in [0.29, 0.717) is 37.6 Å². The summed E-state index contributed by atoms with van der Waals surface area (Å²) in [6, 6.07) is 7.80. The van der Waals surface area contributed by atoms with Gasteiger partial charge in [-0.3, -0.25) is 19.5 Å². The van der Waals surface area contributed by atoms with E-state index in [1.165, 1.54) is 29.2 Å². The monoisotopic (exact) mass is 445 g/mol. The maximum Gasteiger partial charge on any atom is 0.414 e. The second kappa shape index (κ2) is 9.27. The van der Waals surface area contributed by atoms with E-state index in [-0.39, 0.29) is 30.7 Å². The van der Waals surface area contributed by atoms with Crippen molar-refractivity contribution in [3.8, 4) is 0 Å². The molecule has 3 heterocycles. The molecule has 0 bridgehead atoms. The number of amides is 3. The van der Waals surface area contributed by atoms with Gasteiger partial charge in [-0.15, -0.1) is 0 Å². The van der Waals surface area contributed by atoms with Crippen LogP contribution in [0.4, 0.5) is 20.6 Å². The standard InChI is InChI=1S/C21H24FN5O5/c1-14(28)23-12-16-13-26(21(30)32-16)15-4-5-18(17(22)11-15)25-7-6-24-27(9-8-25)20(29)19-3-2-10-31-19/h2-5,10-11,16,24H,6-9,12-13H2,1H3,(H,23,28)/t16-/m0/s1. The molecule has 32 heavy (non-hydrogen) atoms. The molecule has 2 aliphatic rings. The molecule has 0 unspecified atom stereocenters. The predicted octanol–water partition coefficient (Wildman–Crippen LogP) is 1.35. The van der Waals surface area contributed by atoms with E-state index in [1.54, 1.807) is 24.3 Å². The molecule has 0 saturated carbocycles. The summed E-state index contributed by atoms with van der Waals surface area (Å²) in [6.07, 6.45) is 0.356. The van der Waals surface area contributed by atoms with Crippen LogP contribution in [0, 0.1) is 5.82 Å². The molecule has 1 aromatic carbocycles. The Bertz CT molecular complexity index is 998. The minimum atomic E-state index is -0.585. The Morgan fingerprint density at radius 2 is 2.09 bits per heavy atom. The lowest BCUT2D eigenvalue weighted by atomic mass is 10.2. The van der Waals surface area contributed by atoms with Gasteiger partial charge in [-0.2, -0.15) is 0 Å². The smallest absolute Gasteiger partial charge is 0.414 e. The van der Waals surface area contributed by atoms with Crippen LogP contribution in [0.5, 0.6) is 0 Å². The van der Waals surface area contributed by atoms with Crippen molar-refractivity contribution in [3.05, 3.63) is 48.2 Å². The number of hydrogen-bond donors (Lipinski definition) is 2. The van der Waals surface area contributed by atoms with E-state index in [9.17, 15) is 18.8 Å². The summed E-state index contributed by atoms with van der Waals surface area (Å²) in [4.78, 5) is 38.9. The number of hydrogen-bond acceptors (Lipinski definition) is 7. The Morgan fingerprint density at radius 3 is 2.81 bits per heavy atom. The van der Waals surface area contributed by atoms with Gasteiger partial charge in [-0.05, 0) is 30.3 Å². The normalized spacial score (nSPS) is 19.0. The zero-order chi connectivity index (χ0) is 22.7. The number of benzene rings is 1. The predicted molar refractivity (Wildman–Crippen MR) is 113 cm³/mol. The Hall–Kier alpha value is -3.60. The summed E-state index contributed by atoms with van der Waals surface area (Å²) >= 11 is 0. The summed E-state index contributed by atoms with van der Waals surface area (Å²) in [5.74, 6) is -0.748. The first-order valence-corrected chi connectivity index (χ1v) is 10.3. The van der Waals surface area contributed by atoms with Crippen LogP contribution in [0.1, 0.15) is 17.5 Å². The van der Waals surface area contributed by atoms with Crippen molar-refractivity contribution >= 4 is 29.3 Å². The first kappa shape index (κ1) is 21.6. The van der Waals surface area contributed by atoms with Crippen molar-refractivity contribution in [3.63, 3.8) is 0 Å². The molecule has 10 nitrogen and oxygen atoms in total. The Kier molecular flexibility index (Phi) is 6.26. The van der Waals surface area contributed by atoms with E-state index < -0.39 is 18.0 Å². The maximum absolute atomic E-state index is 15.0. The number of carbonyl (C=O) groups is 3. The lowest BCUT2D eigenvalue weighted by Crippen LogP contribution is -2.43. The molecular weight excluding hydrogens is 421 g/mol. The molecule has 3 amide bonds. The van der Waals surface area contributed by atoms with Crippen molar-refractivity contribution < 1.29 is 27.9 Å². The summed E-state index contributed by atoms with van der Waals surface area (Å²) in [5, 5.41) is 4.07. The molecular formula is C21H24FN5O5. The highest BCUT2D eigenvalue weighted by molar-refractivity contribution is 5.91. The number of anilines is 2. The van der Waals surface area contributed by atoms with Crippen LogP contribution < -0.4 is 20.5 Å². The molecule has 170 valence electrons. The van der Waals surface area contributed by atoms with Crippen molar-refractivity contribution in [2.75, 3.05) is 49.1 Å². The quantitative estimate of drug-likeness (QED) is 0.715. The summed E-state index contributed by atoms with van der Waals surface area (Å²) in [5.41, 5.74) is 3.79. The number of ether oxygens (including phenoxy) is 1. The number of cyclic esters (lactones) is 1. The first-order chi connectivity index (χ1) is 15.4. The van der Waals surface area contributed by atoms with Crippen molar-refractivity contribution in [1.82, 2.24) is 15.8 Å². The van der Waals surface area contributed by atoms with Crippen LogP contribution in [0.3, 0.4) is 0 Å². The van der Waals surface area contributed by atoms with Gasteiger partial charge in [0.1, 0.15) is 11.9 Å². The van der Waals surface area contributed by atoms with Crippen molar-refractivity contribution in [2.45, 2.75) is 13.0 Å². The molecule has 1 atom stereocenters. The van der Waals surface area contributed by atoms with E-state index >= 15 is 0 Å². The van der Waals surface area contributed by atoms with E-state index in [4.69, 9.17) is 9.15 Å². The van der Waals surface area contributed by atoms with Crippen LogP contribution in [0.2, 0.25) is 0 Å². The van der Waals surface area contributed by atoms with Gasteiger partial charge >= 0.3 is 12.0 Å². The molecule has 2 N–H and O–H groups in total. The Balaban J connectivity index is 1.40. The third-order valence-electron chi connectivity index (χ3n) is 5.29. The van der Waals surface area contributed by atoms with E-state index in [0.717, 1.165) is 0 Å². The average molecular weight is 445 g/mol. The SMILES string of the molecule is CC(=O)NC[C@H]1CN(c2ccc(N3CCNN(C(=O)c4ccco4)CC3)c(F)c2)C(=O)O1. The second-order valence-corrected chi connectivity index (χ2v) is 7.52. The topological polar surface area (TPSA) is 107 Å². The lowest BCUT2D eigenvalue weighted by Gasteiger charge is -2.24. The number of halogens is 1. The van der Waals surface area contributed by atoms with E-state index in [2.05, 4.69) is 10.7 Å². The summed E-state index contributed by atoms with van der Waals surface area (Å²) in [6.45, 7) is 3.48. The largest absolute Gasteiger partial charge is 0.459 e. The second-order valence-electron chi connectivity index (χ2n) is 7.52. The third kappa shape index (κ3) is 4.67. The van der Waals surface area contributed by atoms with Crippen molar-refractivity contribution in [1.29, 1.82) is 0 Å². The van der Waals surface area contributed by atoms with Gasteiger partial charge in [0.2, 0.25) is 5.91 Å². The third-order valence-corrected chi connectivity index (χ3v) is 5.29. The van der Waals surface area contributed by atoms with Crippen LogP contribution in [0.15, 0.2) is 41.0 Å². The van der Waals surface area contributed by atoms with Crippen molar-refractivity contribution in [2.24, 2.45) is 0 Å². The first-order valence-electron chi connectivity index (χ1n) is 10.3.